The minimum Gasteiger partial charge on any atom is -0.340 e. The van der Waals surface area contributed by atoms with E-state index in [1.54, 1.807) is 24.3 Å². The number of fused-ring (bicyclic) bond motifs is 2. The van der Waals surface area contributed by atoms with Crippen molar-refractivity contribution >= 4 is 39.9 Å². The van der Waals surface area contributed by atoms with Gasteiger partial charge in [-0.25, -0.2) is 4.98 Å². The average molecular weight is 384 g/mol. The van der Waals surface area contributed by atoms with Crippen molar-refractivity contribution in [2.45, 2.75) is 44.6 Å². The normalized spacial score (nSPS) is 18.6. The van der Waals surface area contributed by atoms with Crippen LogP contribution in [0.3, 0.4) is 0 Å². The zero-order valence-electron chi connectivity index (χ0n) is 14.7. The standard InChI is InChI=1S/C19H20N4O3S/c24-16(23-19-22-13-7-3-4-8-15(13)27-19)10-9-14-18(26)20-12-6-2-1-5-11(12)17(25)21-14/h1-2,5-6,14H,3-4,7-10H2,(H,20,26)(H,21,25)(H,22,23,24)/t14-/m0/s1. The van der Waals surface area contributed by atoms with Crippen molar-refractivity contribution in [2.75, 3.05) is 10.6 Å². The van der Waals surface area contributed by atoms with E-state index in [9.17, 15) is 14.4 Å². The summed E-state index contributed by atoms with van der Waals surface area (Å²) in [6.07, 6.45) is 4.65. The molecule has 0 saturated carbocycles. The molecule has 1 aromatic carbocycles. The highest BCUT2D eigenvalue weighted by atomic mass is 32.1. The molecular weight excluding hydrogens is 364 g/mol. The van der Waals surface area contributed by atoms with Gasteiger partial charge in [0.15, 0.2) is 5.13 Å². The van der Waals surface area contributed by atoms with Crippen LogP contribution in [0.4, 0.5) is 10.8 Å². The highest BCUT2D eigenvalue weighted by Crippen LogP contribution is 2.29. The van der Waals surface area contributed by atoms with Gasteiger partial charge in [0.1, 0.15) is 6.04 Å². The zero-order chi connectivity index (χ0) is 18.8. The molecule has 27 heavy (non-hydrogen) atoms. The second-order valence-electron chi connectivity index (χ2n) is 6.74. The molecule has 4 rings (SSSR count). The first-order valence-electron chi connectivity index (χ1n) is 9.09. The Bertz CT molecular complexity index is 885. The van der Waals surface area contributed by atoms with E-state index in [4.69, 9.17) is 0 Å². The van der Waals surface area contributed by atoms with Gasteiger partial charge in [-0.1, -0.05) is 12.1 Å². The number of carbonyl (C=O) groups excluding carboxylic acids is 3. The Hall–Kier alpha value is -2.74. The molecule has 1 aromatic heterocycles. The third kappa shape index (κ3) is 3.85. The van der Waals surface area contributed by atoms with Gasteiger partial charge in [-0.15, -0.1) is 11.3 Å². The highest BCUT2D eigenvalue weighted by Gasteiger charge is 2.28. The fraction of sp³-hybridized carbons (Fsp3) is 0.368. The minimum atomic E-state index is -0.750. The number of nitrogens with one attached hydrogen (secondary N) is 3. The van der Waals surface area contributed by atoms with Crippen molar-refractivity contribution < 1.29 is 14.4 Å². The maximum Gasteiger partial charge on any atom is 0.254 e. The average Bonchev–Trinajstić information content (AvgIpc) is 3.02. The molecule has 2 aromatic rings. The molecule has 0 saturated heterocycles. The molecule has 1 aliphatic carbocycles. The lowest BCUT2D eigenvalue weighted by atomic mass is 10.0. The van der Waals surface area contributed by atoms with Crippen molar-refractivity contribution in [3.05, 3.63) is 40.4 Å². The summed E-state index contributed by atoms with van der Waals surface area (Å²) >= 11 is 1.53. The summed E-state index contributed by atoms with van der Waals surface area (Å²) in [4.78, 5) is 42.7. The second-order valence-corrected chi connectivity index (χ2v) is 7.83. The van der Waals surface area contributed by atoms with E-state index in [1.807, 2.05) is 0 Å². The van der Waals surface area contributed by atoms with Crippen molar-refractivity contribution in [1.82, 2.24) is 10.3 Å². The number of benzene rings is 1. The first kappa shape index (κ1) is 17.7. The lowest BCUT2D eigenvalue weighted by Crippen LogP contribution is -2.41. The van der Waals surface area contributed by atoms with Crippen LogP contribution >= 0.6 is 11.3 Å². The Labute approximate surface area is 160 Å². The molecular formula is C19H20N4O3S. The molecule has 2 heterocycles. The lowest BCUT2D eigenvalue weighted by Gasteiger charge is -2.13. The van der Waals surface area contributed by atoms with Crippen LogP contribution in [0.2, 0.25) is 0 Å². The van der Waals surface area contributed by atoms with Gasteiger partial charge in [-0.05, 0) is 44.2 Å². The first-order valence-corrected chi connectivity index (χ1v) is 9.91. The minimum absolute atomic E-state index is 0.124. The number of carbonyl (C=O) groups is 3. The second kappa shape index (κ2) is 7.48. The highest BCUT2D eigenvalue weighted by molar-refractivity contribution is 7.15. The van der Waals surface area contributed by atoms with Gasteiger partial charge in [-0.3, -0.25) is 14.4 Å². The van der Waals surface area contributed by atoms with Crippen LogP contribution in [0, 0.1) is 0 Å². The fourth-order valence-electron chi connectivity index (χ4n) is 3.38. The molecule has 1 aliphatic heterocycles. The van der Waals surface area contributed by atoms with Crippen molar-refractivity contribution in [3.8, 4) is 0 Å². The molecule has 1 atom stereocenters. The van der Waals surface area contributed by atoms with Gasteiger partial charge in [-0.2, -0.15) is 0 Å². The third-order valence-corrected chi connectivity index (χ3v) is 5.88. The van der Waals surface area contributed by atoms with E-state index in [0.29, 0.717) is 16.4 Å². The molecule has 2 aliphatic rings. The Morgan fingerprint density at radius 2 is 2.04 bits per heavy atom. The van der Waals surface area contributed by atoms with Gasteiger partial charge in [0.2, 0.25) is 11.8 Å². The Morgan fingerprint density at radius 3 is 2.89 bits per heavy atom. The largest absolute Gasteiger partial charge is 0.340 e. The SMILES string of the molecule is O=C(CC[C@@H]1NC(=O)c2ccccc2NC1=O)Nc1nc2c(s1)CCCC2. The van der Waals surface area contributed by atoms with E-state index < -0.39 is 6.04 Å². The molecule has 3 N–H and O–H groups in total. The smallest absolute Gasteiger partial charge is 0.254 e. The van der Waals surface area contributed by atoms with Crippen LogP contribution in [0.1, 0.15) is 46.6 Å². The number of nitrogens with zero attached hydrogens (tertiary/aromatic N) is 1. The van der Waals surface area contributed by atoms with Gasteiger partial charge >= 0.3 is 0 Å². The number of aryl methyl sites for hydroxylation is 2. The van der Waals surface area contributed by atoms with Gasteiger partial charge in [0, 0.05) is 11.3 Å². The predicted molar refractivity (Wildman–Crippen MR) is 103 cm³/mol. The third-order valence-electron chi connectivity index (χ3n) is 4.80. The molecule has 0 spiro atoms. The van der Waals surface area contributed by atoms with Crippen LogP contribution in [-0.4, -0.2) is 28.7 Å². The predicted octanol–water partition coefficient (Wildman–Crippen LogP) is 2.49. The fourth-order valence-corrected chi connectivity index (χ4v) is 4.44. The Kier molecular flexibility index (Phi) is 4.89. The molecule has 3 amide bonds. The summed E-state index contributed by atoms with van der Waals surface area (Å²) in [5.74, 6) is -0.835. The molecule has 0 fully saturated rings. The van der Waals surface area contributed by atoms with E-state index in [0.717, 1.165) is 25.0 Å². The summed E-state index contributed by atoms with van der Waals surface area (Å²) in [5.41, 5.74) is 2.00. The molecule has 140 valence electrons. The maximum atomic E-state index is 12.4. The molecule has 0 radical (unpaired) electrons. The van der Waals surface area contributed by atoms with E-state index in [2.05, 4.69) is 20.9 Å². The summed E-state index contributed by atoms with van der Waals surface area (Å²) in [6.45, 7) is 0. The molecule has 0 bridgehead atoms. The zero-order valence-corrected chi connectivity index (χ0v) is 15.5. The maximum absolute atomic E-state index is 12.4. The van der Waals surface area contributed by atoms with Crippen LogP contribution in [0.15, 0.2) is 24.3 Å². The number of anilines is 2. The van der Waals surface area contributed by atoms with Crippen LogP contribution in [0.25, 0.3) is 0 Å². The van der Waals surface area contributed by atoms with Crippen molar-refractivity contribution in [3.63, 3.8) is 0 Å². The number of thiazole rings is 1. The number of hydrogen-bond acceptors (Lipinski definition) is 5. The van der Waals surface area contributed by atoms with Crippen LogP contribution < -0.4 is 16.0 Å². The van der Waals surface area contributed by atoms with E-state index in [-0.39, 0.29) is 30.6 Å². The van der Waals surface area contributed by atoms with Crippen LogP contribution in [0.5, 0.6) is 0 Å². The first-order chi connectivity index (χ1) is 13.1. The summed E-state index contributed by atoms with van der Waals surface area (Å²) < 4.78 is 0. The van der Waals surface area contributed by atoms with E-state index in [1.165, 1.54) is 22.6 Å². The topological polar surface area (TPSA) is 100 Å². The summed E-state index contributed by atoms with van der Waals surface area (Å²) in [5, 5.41) is 8.89. The Morgan fingerprint density at radius 1 is 1.22 bits per heavy atom. The van der Waals surface area contributed by atoms with Gasteiger partial charge in [0.05, 0.1) is 16.9 Å². The number of hydrogen-bond donors (Lipinski definition) is 3. The number of aromatic nitrogens is 1. The van der Waals surface area contributed by atoms with E-state index >= 15 is 0 Å². The van der Waals surface area contributed by atoms with Crippen molar-refractivity contribution in [1.29, 1.82) is 0 Å². The summed E-state index contributed by atoms with van der Waals surface area (Å²) in [7, 11) is 0. The summed E-state index contributed by atoms with van der Waals surface area (Å²) in [6, 6.07) is 6.09. The van der Waals surface area contributed by atoms with Gasteiger partial charge in [0.25, 0.3) is 5.91 Å². The molecule has 7 nitrogen and oxygen atoms in total. The van der Waals surface area contributed by atoms with Crippen molar-refractivity contribution in [2.24, 2.45) is 0 Å². The van der Waals surface area contributed by atoms with Crippen LogP contribution in [-0.2, 0) is 22.4 Å². The molecule has 8 heteroatoms. The van der Waals surface area contributed by atoms with Gasteiger partial charge < -0.3 is 16.0 Å². The number of para-hydroxylation sites is 1. The number of amides is 3. The lowest BCUT2D eigenvalue weighted by molar-refractivity contribution is -0.118. The monoisotopic (exact) mass is 384 g/mol. The number of rotatable bonds is 4. The quantitative estimate of drug-likeness (QED) is 0.754. The molecule has 0 unspecified atom stereocenters. The Balaban J connectivity index is 1.35.